The molecule has 0 radical (unpaired) electrons. The summed E-state index contributed by atoms with van der Waals surface area (Å²) in [5, 5.41) is 4.05. The molecule has 3 aromatic rings. The van der Waals surface area contributed by atoms with Gasteiger partial charge in [0.05, 0.1) is 26.0 Å². The summed E-state index contributed by atoms with van der Waals surface area (Å²) in [6, 6.07) is 20.2. The highest BCUT2D eigenvalue weighted by atomic mass is 79.9. The van der Waals surface area contributed by atoms with Crippen molar-refractivity contribution in [1.29, 1.82) is 0 Å². The maximum Gasteiger partial charge on any atom is 0.275 e. The lowest BCUT2D eigenvalue weighted by molar-refractivity contribution is 0.0950. The molecule has 0 bridgehead atoms. The second-order valence-electron chi connectivity index (χ2n) is 6.20. The molecular formula is C23H21BrN2O4. The van der Waals surface area contributed by atoms with Crippen LogP contribution in [0.4, 0.5) is 0 Å². The topological polar surface area (TPSA) is 69.2 Å². The molecule has 1 amide bonds. The third kappa shape index (κ3) is 5.39. The van der Waals surface area contributed by atoms with Gasteiger partial charge in [-0.3, -0.25) is 4.79 Å². The first-order chi connectivity index (χ1) is 14.6. The first-order valence-electron chi connectivity index (χ1n) is 9.13. The van der Waals surface area contributed by atoms with Gasteiger partial charge in [0.15, 0.2) is 11.5 Å². The molecule has 0 aliphatic heterocycles. The van der Waals surface area contributed by atoms with E-state index in [0.717, 1.165) is 10.0 Å². The summed E-state index contributed by atoms with van der Waals surface area (Å²) >= 11 is 3.44. The van der Waals surface area contributed by atoms with E-state index in [-0.39, 0.29) is 5.91 Å². The van der Waals surface area contributed by atoms with Gasteiger partial charge in [0.2, 0.25) is 0 Å². The molecule has 0 saturated heterocycles. The molecule has 0 aromatic heterocycles. The standard InChI is InChI=1S/C23H21BrN2O4/c1-28-21-12-6-8-17(22(21)29-2)14-25-26-23(27)19-10-3-4-11-20(19)30-15-16-7-5-9-18(24)13-16/h3-14H,15H2,1-2H3,(H,26,27). The molecule has 3 aromatic carbocycles. The fourth-order valence-corrected chi connectivity index (χ4v) is 3.25. The number of ether oxygens (including phenoxy) is 3. The minimum atomic E-state index is -0.377. The Morgan fingerprint density at radius 1 is 1.00 bits per heavy atom. The number of carbonyl (C=O) groups is 1. The van der Waals surface area contributed by atoms with E-state index >= 15 is 0 Å². The average molecular weight is 469 g/mol. The summed E-state index contributed by atoms with van der Waals surface area (Å²) in [5.41, 5.74) is 4.59. The second kappa shape index (κ2) is 10.5. The van der Waals surface area contributed by atoms with Crippen LogP contribution >= 0.6 is 15.9 Å². The maximum absolute atomic E-state index is 12.6. The minimum Gasteiger partial charge on any atom is -0.493 e. The van der Waals surface area contributed by atoms with Gasteiger partial charge in [0.1, 0.15) is 12.4 Å². The highest BCUT2D eigenvalue weighted by Gasteiger charge is 2.12. The monoisotopic (exact) mass is 468 g/mol. The van der Waals surface area contributed by atoms with Crippen molar-refractivity contribution in [3.05, 3.63) is 87.9 Å². The van der Waals surface area contributed by atoms with E-state index in [4.69, 9.17) is 14.2 Å². The van der Waals surface area contributed by atoms with Crippen molar-refractivity contribution in [3.8, 4) is 17.2 Å². The Hall–Kier alpha value is -3.32. The van der Waals surface area contributed by atoms with E-state index in [1.165, 1.54) is 6.21 Å². The number of rotatable bonds is 8. The van der Waals surface area contributed by atoms with Gasteiger partial charge in [-0.2, -0.15) is 5.10 Å². The molecule has 0 unspecified atom stereocenters. The fourth-order valence-electron chi connectivity index (χ4n) is 2.80. The van der Waals surface area contributed by atoms with Crippen molar-refractivity contribution < 1.29 is 19.0 Å². The Kier molecular flexibility index (Phi) is 7.45. The third-order valence-corrected chi connectivity index (χ3v) is 4.71. The van der Waals surface area contributed by atoms with Crippen molar-refractivity contribution in [2.24, 2.45) is 5.10 Å². The SMILES string of the molecule is COc1cccc(C=NNC(=O)c2ccccc2OCc2cccc(Br)c2)c1OC. The zero-order valence-electron chi connectivity index (χ0n) is 16.6. The Morgan fingerprint density at radius 2 is 1.77 bits per heavy atom. The summed E-state index contributed by atoms with van der Waals surface area (Å²) in [7, 11) is 3.11. The Bertz CT molecular complexity index is 1050. The molecule has 3 rings (SSSR count). The third-order valence-electron chi connectivity index (χ3n) is 4.22. The molecular weight excluding hydrogens is 448 g/mol. The largest absolute Gasteiger partial charge is 0.493 e. The zero-order chi connectivity index (χ0) is 21.3. The van der Waals surface area contributed by atoms with Gasteiger partial charge in [-0.05, 0) is 42.0 Å². The van der Waals surface area contributed by atoms with Crippen LogP contribution in [-0.2, 0) is 6.61 Å². The average Bonchev–Trinajstić information content (AvgIpc) is 2.77. The molecule has 0 spiro atoms. The molecule has 0 atom stereocenters. The maximum atomic E-state index is 12.6. The molecule has 154 valence electrons. The summed E-state index contributed by atoms with van der Waals surface area (Å²) in [5.74, 6) is 1.22. The van der Waals surface area contributed by atoms with E-state index in [0.29, 0.717) is 35.0 Å². The van der Waals surface area contributed by atoms with E-state index in [9.17, 15) is 4.79 Å². The summed E-state index contributed by atoms with van der Waals surface area (Å²) in [4.78, 5) is 12.6. The molecule has 30 heavy (non-hydrogen) atoms. The molecule has 0 saturated carbocycles. The van der Waals surface area contributed by atoms with Crippen LogP contribution in [0.25, 0.3) is 0 Å². The number of amides is 1. The first-order valence-corrected chi connectivity index (χ1v) is 9.92. The number of halogens is 1. The fraction of sp³-hybridized carbons (Fsp3) is 0.130. The predicted octanol–water partition coefficient (Wildman–Crippen LogP) is 4.81. The quantitative estimate of drug-likeness (QED) is 0.380. The van der Waals surface area contributed by atoms with Gasteiger partial charge in [-0.15, -0.1) is 0 Å². The molecule has 0 aliphatic carbocycles. The summed E-state index contributed by atoms with van der Waals surface area (Å²) in [6.45, 7) is 0.341. The molecule has 0 heterocycles. The Morgan fingerprint density at radius 3 is 2.53 bits per heavy atom. The number of benzene rings is 3. The van der Waals surface area contributed by atoms with Crippen LogP contribution in [-0.4, -0.2) is 26.3 Å². The molecule has 6 nitrogen and oxygen atoms in total. The van der Waals surface area contributed by atoms with Gasteiger partial charge in [-0.25, -0.2) is 5.43 Å². The number of carbonyl (C=O) groups excluding carboxylic acids is 1. The number of hydrogen-bond donors (Lipinski definition) is 1. The zero-order valence-corrected chi connectivity index (χ0v) is 18.2. The highest BCUT2D eigenvalue weighted by molar-refractivity contribution is 9.10. The van der Waals surface area contributed by atoms with E-state index < -0.39 is 0 Å². The number of methoxy groups -OCH3 is 2. The predicted molar refractivity (Wildman–Crippen MR) is 120 cm³/mol. The van der Waals surface area contributed by atoms with Crippen LogP contribution < -0.4 is 19.6 Å². The van der Waals surface area contributed by atoms with Gasteiger partial charge in [-0.1, -0.05) is 46.3 Å². The van der Waals surface area contributed by atoms with Gasteiger partial charge in [0.25, 0.3) is 5.91 Å². The summed E-state index contributed by atoms with van der Waals surface area (Å²) < 4.78 is 17.5. The van der Waals surface area contributed by atoms with E-state index in [2.05, 4.69) is 26.5 Å². The number of para-hydroxylation sites is 2. The first kappa shape index (κ1) is 21.4. The van der Waals surface area contributed by atoms with Crippen molar-refractivity contribution >= 4 is 28.1 Å². The van der Waals surface area contributed by atoms with Crippen molar-refractivity contribution in [2.45, 2.75) is 6.61 Å². The van der Waals surface area contributed by atoms with Crippen LogP contribution in [0.3, 0.4) is 0 Å². The van der Waals surface area contributed by atoms with Crippen LogP contribution in [0.1, 0.15) is 21.5 Å². The van der Waals surface area contributed by atoms with Crippen LogP contribution in [0, 0.1) is 0 Å². The number of nitrogens with zero attached hydrogens (tertiary/aromatic N) is 1. The van der Waals surface area contributed by atoms with Gasteiger partial charge < -0.3 is 14.2 Å². The number of nitrogens with one attached hydrogen (secondary N) is 1. The van der Waals surface area contributed by atoms with E-state index in [1.807, 2.05) is 42.5 Å². The van der Waals surface area contributed by atoms with Crippen molar-refractivity contribution in [1.82, 2.24) is 5.43 Å². The van der Waals surface area contributed by atoms with Crippen molar-refractivity contribution in [2.75, 3.05) is 14.2 Å². The Balaban J connectivity index is 1.70. The lowest BCUT2D eigenvalue weighted by Crippen LogP contribution is -2.18. The lowest BCUT2D eigenvalue weighted by atomic mass is 10.2. The molecule has 1 N–H and O–H groups in total. The molecule has 0 fully saturated rings. The molecule has 0 aliphatic rings. The molecule has 7 heteroatoms. The minimum absolute atomic E-state index is 0.341. The number of hydrazone groups is 1. The van der Waals surface area contributed by atoms with Crippen LogP contribution in [0.2, 0.25) is 0 Å². The Labute approximate surface area is 183 Å². The van der Waals surface area contributed by atoms with Crippen LogP contribution in [0.15, 0.2) is 76.3 Å². The summed E-state index contributed by atoms with van der Waals surface area (Å²) in [6.07, 6.45) is 1.50. The van der Waals surface area contributed by atoms with Crippen LogP contribution in [0.5, 0.6) is 17.2 Å². The smallest absolute Gasteiger partial charge is 0.275 e. The van der Waals surface area contributed by atoms with Gasteiger partial charge in [0, 0.05) is 10.0 Å². The van der Waals surface area contributed by atoms with Crippen molar-refractivity contribution in [3.63, 3.8) is 0 Å². The highest BCUT2D eigenvalue weighted by Crippen LogP contribution is 2.29. The normalized spacial score (nSPS) is 10.6. The van der Waals surface area contributed by atoms with Gasteiger partial charge >= 0.3 is 0 Å². The second-order valence-corrected chi connectivity index (χ2v) is 7.11. The lowest BCUT2D eigenvalue weighted by Gasteiger charge is -2.11. The number of hydrogen-bond acceptors (Lipinski definition) is 5. The van der Waals surface area contributed by atoms with E-state index in [1.54, 1.807) is 38.5 Å².